The van der Waals surface area contributed by atoms with Gasteiger partial charge in [0.05, 0.1) is 17.5 Å². The molecule has 0 spiro atoms. The van der Waals surface area contributed by atoms with Crippen molar-refractivity contribution < 1.29 is 40.6 Å². The van der Waals surface area contributed by atoms with Gasteiger partial charge in [0.1, 0.15) is 5.82 Å². The molecule has 0 saturated heterocycles. The largest absolute Gasteiger partial charge is 0.481 e. The number of carboxylic acids is 1. The van der Waals surface area contributed by atoms with E-state index in [2.05, 4.69) is 0 Å². The van der Waals surface area contributed by atoms with E-state index in [0.29, 0.717) is 0 Å². The molecule has 0 heterocycles. The standard InChI is InChI=1S/C10H5F7O2/c11-8-4(3-7(18)19)5(9(12,13)14)1-2-6(8)10(15,16)17/h1-2H,3H2,(H,18,19). The first-order valence-electron chi connectivity index (χ1n) is 4.62. The fourth-order valence-electron chi connectivity index (χ4n) is 1.43. The maximum atomic E-state index is 13.4. The minimum Gasteiger partial charge on any atom is -0.481 e. The van der Waals surface area contributed by atoms with E-state index in [1.54, 1.807) is 0 Å². The summed E-state index contributed by atoms with van der Waals surface area (Å²) in [7, 11) is 0. The lowest BCUT2D eigenvalue weighted by molar-refractivity contribution is -0.145. The Balaban J connectivity index is 3.54. The Hall–Kier alpha value is -1.80. The molecule has 1 N–H and O–H groups in total. The summed E-state index contributed by atoms with van der Waals surface area (Å²) in [4.78, 5) is 10.3. The second-order valence-electron chi connectivity index (χ2n) is 3.52. The van der Waals surface area contributed by atoms with Gasteiger partial charge in [0, 0.05) is 5.56 Å². The Morgan fingerprint density at radius 1 is 1.00 bits per heavy atom. The van der Waals surface area contributed by atoms with Crippen molar-refractivity contribution in [3.05, 3.63) is 34.6 Å². The number of hydrogen-bond donors (Lipinski definition) is 1. The Labute approximate surface area is 101 Å². The lowest BCUT2D eigenvalue weighted by atomic mass is 9.99. The Bertz CT molecular complexity index is 502. The van der Waals surface area contributed by atoms with E-state index in [1.165, 1.54) is 0 Å². The minimum atomic E-state index is -5.21. The van der Waals surface area contributed by atoms with Gasteiger partial charge in [-0.3, -0.25) is 4.79 Å². The summed E-state index contributed by atoms with van der Waals surface area (Å²) in [6, 6.07) is -0.0479. The highest BCUT2D eigenvalue weighted by Crippen LogP contribution is 2.38. The van der Waals surface area contributed by atoms with Gasteiger partial charge in [0.2, 0.25) is 0 Å². The zero-order chi connectivity index (χ0) is 15.0. The van der Waals surface area contributed by atoms with Gasteiger partial charge in [-0.1, -0.05) is 0 Å². The molecule has 19 heavy (non-hydrogen) atoms. The highest BCUT2D eigenvalue weighted by atomic mass is 19.4. The minimum absolute atomic E-state index is 0.0180. The molecule has 0 aliphatic carbocycles. The third-order valence-corrected chi connectivity index (χ3v) is 2.18. The maximum absolute atomic E-state index is 13.4. The summed E-state index contributed by atoms with van der Waals surface area (Å²) in [6.07, 6.45) is -11.8. The van der Waals surface area contributed by atoms with Crippen LogP contribution in [0.1, 0.15) is 16.7 Å². The van der Waals surface area contributed by atoms with Gasteiger partial charge in [-0.25, -0.2) is 4.39 Å². The molecule has 9 heteroatoms. The number of aliphatic carboxylic acids is 1. The van der Waals surface area contributed by atoms with Crippen molar-refractivity contribution in [2.75, 3.05) is 0 Å². The number of rotatable bonds is 2. The number of carboxylic acid groups (broad SMARTS) is 1. The number of alkyl halides is 6. The van der Waals surface area contributed by atoms with Crippen LogP contribution in [0.2, 0.25) is 0 Å². The number of carbonyl (C=O) groups is 1. The van der Waals surface area contributed by atoms with E-state index in [1.807, 2.05) is 0 Å². The molecule has 106 valence electrons. The zero-order valence-electron chi connectivity index (χ0n) is 8.86. The van der Waals surface area contributed by atoms with Gasteiger partial charge in [-0.2, -0.15) is 26.3 Å². The quantitative estimate of drug-likeness (QED) is 0.846. The van der Waals surface area contributed by atoms with E-state index < -0.39 is 47.3 Å². The van der Waals surface area contributed by atoms with Crippen molar-refractivity contribution in [1.82, 2.24) is 0 Å². The molecule has 0 bridgehead atoms. The van der Waals surface area contributed by atoms with Gasteiger partial charge in [-0.05, 0) is 12.1 Å². The Morgan fingerprint density at radius 2 is 1.42 bits per heavy atom. The molecule has 1 rings (SSSR count). The first-order chi connectivity index (χ1) is 8.44. The first-order valence-corrected chi connectivity index (χ1v) is 4.62. The number of halogens is 7. The van der Waals surface area contributed by atoms with E-state index in [-0.39, 0.29) is 12.1 Å². The third-order valence-electron chi connectivity index (χ3n) is 2.18. The Morgan fingerprint density at radius 3 is 1.79 bits per heavy atom. The van der Waals surface area contributed by atoms with Crippen LogP contribution in [0.5, 0.6) is 0 Å². The van der Waals surface area contributed by atoms with Crippen molar-refractivity contribution in [1.29, 1.82) is 0 Å². The van der Waals surface area contributed by atoms with E-state index in [9.17, 15) is 35.5 Å². The van der Waals surface area contributed by atoms with Crippen LogP contribution in [-0.2, 0) is 23.6 Å². The van der Waals surface area contributed by atoms with Crippen molar-refractivity contribution in [2.24, 2.45) is 0 Å². The second kappa shape index (κ2) is 4.71. The lowest BCUT2D eigenvalue weighted by Crippen LogP contribution is -2.18. The molecule has 2 nitrogen and oxygen atoms in total. The van der Waals surface area contributed by atoms with Crippen LogP contribution in [-0.4, -0.2) is 11.1 Å². The predicted octanol–water partition coefficient (Wildman–Crippen LogP) is 3.49. The summed E-state index contributed by atoms with van der Waals surface area (Å²) >= 11 is 0. The van der Waals surface area contributed by atoms with Crippen LogP contribution < -0.4 is 0 Å². The zero-order valence-corrected chi connectivity index (χ0v) is 8.86. The molecule has 0 fully saturated rings. The van der Waals surface area contributed by atoms with Crippen LogP contribution in [0.25, 0.3) is 0 Å². The molecule has 0 amide bonds. The van der Waals surface area contributed by atoms with Crippen molar-refractivity contribution >= 4 is 5.97 Å². The molecule has 1 aromatic rings. The maximum Gasteiger partial charge on any atom is 0.419 e. The van der Waals surface area contributed by atoms with Crippen LogP contribution in [0, 0.1) is 5.82 Å². The highest BCUT2D eigenvalue weighted by Gasteiger charge is 2.40. The topological polar surface area (TPSA) is 37.3 Å². The van der Waals surface area contributed by atoms with Gasteiger partial charge >= 0.3 is 18.3 Å². The molecular formula is C10H5F7O2. The summed E-state index contributed by atoms with van der Waals surface area (Å²) in [5.74, 6) is -4.09. The average molecular weight is 290 g/mol. The number of hydrogen-bond acceptors (Lipinski definition) is 1. The van der Waals surface area contributed by atoms with Gasteiger partial charge in [0.15, 0.2) is 0 Å². The molecule has 0 aliphatic rings. The van der Waals surface area contributed by atoms with Crippen molar-refractivity contribution in [3.63, 3.8) is 0 Å². The van der Waals surface area contributed by atoms with Crippen LogP contribution in [0.4, 0.5) is 30.7 Å². The lowest BCUT2D eigenvalue weighted by Gasteiger charge is -2.16. The summed E-state index contributed by atoms with van der Waals surface area (Å²) in [6.45, 7) is 0. The smallest absolute Gasteiger partial charge is 0.419 e. The Kier molecular flexibility index (Phi) is 3.78. The summed E-state index contributed by atoms with van der Waals surface area (Å²) in [5, 5.41) is 8.36. The molecular weight excluding hydrogens is 285 g/mol. The highest BCUT2D eigenvalue weighted by molar-refractivity contribution is 5.71. The van der Waals surface area contributed by atoms with Gasteiger partial charge in [-0.15, -0.1) is 0 Å². The van der Waals surface area contributed by atoms with Gasteiger partial charge < -0.3 is 5.11 Å². The van der Waals surface area contributed by atoms with Crippen LogP contribution in [0.3, 0.4) is 0 Å². The van der Waals surface area contributed by atoms with E-state index >= 15 is 0 Å². The average Bonchev–Trinajstić information content (AvgIpc) is 2.16. The van der Waals surface area contributed by atoms with E-state index in [4.69, 9.17) is 5.11 Å². The molecule has 1 aromatic carbocycles. The first kappa shape index (κ1) is 15.3. The summed E-state index contributed by atoms with van der Waals surface area (Å²) in [5.41, 5.74) is -5.20. The van der Waals surface area contributed by atoms with E-state index in [0.717, 1.165) is 0 Å². The molecule has 0 atom stereocenters. The monoisotopic (exact) mass is 290 g/mol. The second-order valence-corrected chi connectivity index (χ2v) is 3.52. The third kappa shape index (κ3) is 3.36. The normalized spacial score (nSPS) is 12.6. The molecule has 0 aromatic heterocycles. The summed E-state index contributed by atoms with van der Waals surface area (Å²) < 4.78 is 87.8. The fraction of sp³-hybridized carbons (Fsp3) is 0.300. The van der Waals surface area contributed by atoms with Crippen LogP contribution >= 0.6 is 0 Å². The number of benzene rings is 1. The van der Waals surface area contributed by atoms with Crippen molar-refractivity contribution in [2.45, 2.75) is 18.8 Å². The fourth-order valence-corrected chi connectivity index (χ4v) is 1.43. The van der Waals surface area contributed by atoms with Gasteiger partial charge in [0.25, 0.3) is 0 Å². The van der Waals surface area contributed by atoms with Crippen molar-refractivity contribution in [3.8, 4) is 0 Å². The SMILES string of the molecule is O=C(O)Cc1c(C(F)(F)F)ccc(C(F)(F)F)c1F. The molecule has 0 unspecified atom stereocenters. The molecule has 0 radical (unpaired) electrons. The predicted molar refractivity (Wildman–Crippen MR) is 47.7 cm³/mol. The molecule has 0 saturated carbocycles. The van der Waals surface area contributed by atoms with Crippen LogP contribution in [0.15, 0.2) is 12.1 Å². The molecule has 0 aliphatic heterocycles.